The molecule has 11 nitrogen and oxygen atoms in total. The summed E-state index contributed by atoms with van der Waals surface area (Å²) in [5.41, 5.74) is 0.409. The summed E-state index contributed by atoms with van der Waals surface area (Å²) in [5.74, 6) is -1.51. The van der Waals surface area contributed by atoms with Gasteiger partial charge in [-0.15, -0.1) is 0 Å². The largest absolute Gasteiger partial charge is 0.340 e. The minimum atomic E-state index is -1.03. The number of aromatic amines is 1. The van der Waals surface area contributed by atoms with Crippen LogP contribution in [0.25, 0.3) is 0 Å². The predicted molar refractivity (Wildman–Crippen MR) is 118 cm³/mol. The molecule has 4 rings (SSSR count). The zero-order valence-corrected chi connectivity index (χ0v) is 17.8. The molecular weight excluding hydrogens is 416 g/mol. The van der Waals surface area contributed by atoms with Crippen molar-refractivity contribution in [1.29, 1.82) is 0 Å². The lowest BCUT2D eigenvalue weighted by atomic mass is 9.92. The van der Waals surface area contributed by atoms with Gasteiger partial charge in [-0.25, -0.2) is 0 Å². The number of carbonyl (C=O) groups excluding carboxylic acids is 2. The Kier molecular flexibility index (Phi) is 5.64. The molecule has 11 heteroatoms. The molecule has 2 amide bonds. The molecule has 2 aromatic rings. The smallest absolute Gasteiger partial charge is 0.269 e. The van der Waals surface area contributed by atoms with E-state index >= 15 is 0 Å². The molecule has 1 saturated heterocycles. The highest BCUT2D eigenvalue weighted by Crippen LogP contribution is 2.32. The number of amides is 2. The van der Waals surface area contributed by atoms with Crippen LogP contribution in [0.5, 0.6) is 0 Å². The van der Waals surface area contributed by atoms with Gasteiger partial charge in [0.25, 0.3) is 11.2 Å². The number of non-ortho nitro benzene ring substituents is 1. The lowest BCUT2D eigenvalue weighted by Gasteiger charge is -2.34. The molecule has 1 aromatic heterocycles. The van der Waals surface area contributed by atoms with E-state index in [1.165, 1.54) is 18.2 Å². The fraction of sp³-hybridized carbons (Fsp3) is 0.429. The number of H-pyrrole nitrogens is 1. The minimum Gasteiger partial charge on any atom is -0.340 e. The summed E-state index contributed by atoms with van der Waals surface area (Å²) in [4.78, 5) is 58.0. The van der Waals surface area contributed by atoms with Crippen molar-refractivity contribution < 1.29 is 14.5 Å². The first-order chi connectivity index (χ1) is 15.2. The molecule has 0 saturated carbocycles. The van der Waals surface area contributed by atoms with Crippen molar-refractivity contribution >= 4 is 35.0 Å². The average molecular weight is 440 g/mol. The lowest BCUT2D eigenvalue weighted by molar-refractivity contribution is -0.384. The van der Waals surface area contributed by atoms with Crippen molar-refractivity contribution in [2.75, 3.05) is 22.1 Å². The van der Waals surface area contributed by atoms with Crippen LogP contribution in [0.2, 0.25) is 0 Å². The highest BCUT2D eigenvalue weighted by atomic mass is 16.6. The van der Waals surface area contributed by atoms with Crippen LogP contribution in [-0.4, -0.2) is 39.3 Å². The van der Waals surface area contributed by atoms with E-state index in [9.17, 15) is 24.5 Å². The molecule has 1 aromatic carbocycles. The van der Waals surface area contributed by atoms with Crippen LogP contribution >= 0.6 is 0 Å². The number of nitro groups is 1. The number of piperidine rings is 1. The van der Waals surface area contributed by atoms with Gasteiger partial charge < -0.3 is 15.5 Å². The van der Waals surface area contributed by atoms with E-state index in [4.69, 9.17) is 0 Å². The fourth-order valence-electron chi connectivity index (χ4n) is 4.25. The van der Waals surface area contributed by atoms with Gasteiger partial charge in [-0.05, 0) is 44.7 Å². The Morgan fingerprint density at radius 1 is 1.31 bits per heavy atom. The van der Waals surface area contributed by atoms with Crippen LogP contribution < -0.4 is 21.1 Å². The van der Waals surface area contributed by atoms with Crippen LogP contribution in [0.4, 0.5) is 23.1 Å². The molecule has 0 bridgehead atoms. The number of aromatic nitrogens is 2. The minimum absolute atomic E-state index is 0.0944. The van der Waals surface area contributed by atoms with Crippen molar-refractivity contribution in [3.8, 4) is 0 Å². The number of benzene rings is 1. The molecule has 0 radical (unpaired) electrons. The third-order valence-corrected chi connectivity index (χ3v) is 6.01. The highest BCUT2D eigenvalue weighted by Gasteiger charge is 2.35. The molecule has 2 atom stereocenters. The molecule has 3 N–H and O–H groups in total. The molecule has 32 heavy (non-hydrogen) atoms. The molecule has 3 heterocycles. The third kappa shape index (κ3) is 4.05. The Labute approximate surface area is 183 Å². The maximum absolute atomic E-state index is 13.0. The summed E-state index contributed by atoms with van der Waals surface area (Å²) in [6.45, 7) is 4.44. The summed E-state index contributed by atoms with van der Waals surface area (Å²) in [6, 6.07) is 4.26. The second-order valence-corrected chi connectivity index (χ2v) is 8.24. The highest BCUT2D eigenvalue weighted by molar-refractivity contribution is 6.04. The lowest BCUT2D eigenvalue weighted by Crippen LogP contribution is -2.42. The van der Waals surface area contributed by atoms with Gasteiger partial charge >= 0.3 is 0 Å². The normalized spacial score (nSPS) is 20.3. The maximum Gasteiger partial charge on any atom is 0.269 e. The number of nitro benzene ring substituents is 1. The molecule has 168 valence electrons. The van der Waals surface area contributed by atoms with Crippen LogP contribution in [0.15, 0.2) is 23.0 Å². The van der Waals surface area contributed by atoms with E-state index in [1.807, 2.05) is 4.90 Å². The number of fused-ring (bicyclic) bond motifs is 1. The summed E-state index contributed by atoms with van der Waals surface area (Å²) < 4.78 is 0. The number of rotatable bonds is 4. The van der Waals surface area contributed by atoms with Gasteiger partial charge in [-0.1, -0.05) is 0 Å². The van der Waals surface area contributed by atoms with Gasteiger partial charge in [-0.3, -0.25) is 29.5 Å². The van der Waals surface area contributed by atoms with Gasteiger partial charge in [0.15, 0.2) is 0 Å². The van der Waals surface area contributed by atoms with E-state index in [2.05, 4.69) is 27.5 Å². The number of carbonyl (C=O) groups is 2. The topological polar surface area (TPSA) is 150 Å². The number of nitrogens with zero attached hydrogens (tertiary/aromatic N) is 3. The first-order valence-corrected chi connectivity index (χ1v) is 10.5. The van der Waals surface area contributed by atoms with Crippen LogP contribution in [0.3, 0.4) is 0 Å². The summed E-state index contributed by atoms with van der Waals surface area (Å²) in [6.07, 6.45) is 2.87. The molecule has 0 unspecified atom stereocenters. The van der Waals surface area contributed by atoms with Crippen LogP contribution in [-0.2, 0) is 9.59 Å². The molecule has 0 aliphatic carbocycles. The molecular formula is C21H24N6O5. The first kappa shape index (κ1) is 21.5. The van der Waals surface area contributed by atoms with E-state index < -0.39 is 28.2 Å². The number of anilines is 3. The Morgan fingerprint density at radius 3 is 2.78 bits per heavy atom. The average Bonchev–Trinajstić information content (AvgIpc) is 2.74. The molecule has 2 aliphatic heterocycles. The third-order valence-electron chi connectivity index (χ3n) is 6.01. The fourth-order valence-corrected chi connectivity index (χ4v) is 4.25. The van der Waals surface area contributed by atoms with Crippen molar-refractivity contribution in [2.24, 2.45) is 0 Å². The van der Waals surface area contributed by atoms with Crippen molar-refractivity contribution in [2.45, 2.75) is 51.5 Å². The second-order valence-electron chi connectivity index (χ2n) is 8.24. The van der Waals surface area contributed by atoms with E-state index in [1.54, 1.807) is 6.92 Å². The van der Waals surface area contributed by atoms with Gasteiger partial charge in [-0.2, -0.15) is 4.98 Å². The van der Waals surface area contributed by atoms with Gasteiger partial charge in [0.2, 0.25) is 17.8 Å². The van der Waals surface area contributed by atoms with Crippen molar-refractivity contribution in [1.82, 2.24) is 9.97 Å². The number of hydrogen-bond donors (Lipinski definition) is 3. The standard InChI is InChI=1S/C21H24N6O5/c1-11-9-13(27(31)32)6-7-15(11)22-19(29)14-10-16(28)23-18-17(14)20(30)25-21(24-18)26-8-4-3-5-12(26)2/h6-7,9,12,14H,3-5,8,10H2,1-2H3,(H,22,29)(H2,23,24,25,28,30)/t12-,14+/m0/s1. The van der Waals surface area contributed by atoms with Gasteiger partial charge in [0.1, 0.15) is 5.82 Å². The summed E-state index contributed by atoms with van der Waals surface area (Å²) in [7, 11) is 0. The Bertz CT molecular complexity index is 1160. The summed E-state index contributed by atoms with van der Waals surface area (Å²) >= 11 is 0. The van der Waals surface area contributed by atoms with Crippen molar-refractivity contribution in [3.05, 3.63) is 49.8 Å². The van der Waals surface area contributed by atoms with Crippen LogP contribution in [0.1, 0.15) is 49.7 Å². The quantitative estimate of drug-likeness (QED) is 0.488. The predicted octanol–water partition coefficient (Wildman–Crippen LogP) is 2.43. The van der Waals surface area contributed by atoms with E-state index in [0.29, 0.717) is 17.2 Å². The Balaban J connectivity index is 1.64. The Morgan fingerprint density at radius 2 is 2.09 bits per heavy atom. The first-order valence-electron chi connectivity index (χ1n) is 10.5. The molecule has 0 spiro atoms. The monoisotopic (exact) mass is 440 g/mol. The molecule has 1 fully saturated rings. The number of nitrogens with one attached hydrogen (secondary N) is 3. The number of hydrogen-bond acceptors (Lipinski definition) is 7. The van der Waals surface area contributed by atoms with Crippen LogP contribution in [0, 0.1) is 17.0 Å². The zero-order chi connectivity index (χ0) is 23.0. The van der Waals surface area contributed by atoms with E-state index in [0.717, 1.165) is 25.8 Å². The molecule has 2 aliphatic rings. The van der Waals surface area contributed by atoms with Gasteiger partial charge in [0.05, 0.1) is 16.4 Å². The summed E-state index contributed by atoms with van der Waals surface area (Å²) in [5, 5.41) is 16.2. The Hall–Kier alpha value is -3.76. The number of aryl methyl sites for hydroxylation is 1. The van der Waals surface area contributed by atoms with E-state index in [-0.39, 0.29) is 29.5 Å². The maximum atomic E-state index is 13.0. The SMILES string of the molecule is Cc1cc([N+](=O)[O-])ccc1NC(=O)[C@@H]1CC(=O)Nc2nc(N3CCCC[C@@H]3C)[nH]c(=O)c21. The van der Waals surface area contributed by atoms with Crippen molar-refractivity contribution in [3.63, 3.8) is 0 Å². The second kappa shape index (κ2) is 8.40. The van der Waals surface area contributed by atoms with Gasteiger partial charge in [0, 0.05) is 36.8 Å². The zero-order valence-electron chi connectivity index (χ0n) is 17.8.